The number of nitrogens with one attached hydrogen (secondary N) is 2. The van der Waals surface area contributed by atoms with Crippen molar-refractivity contribution in [1.82, 2.24) is 14.7 Å². The van der Waals surface area contributed by atoms with Gasteiger partial charge in [-0.25, -0.2) is 4.68 Å². The molecule has 0 fully saturated rings. The third-order valence-corrected chi connectivity index (χ3v) is 5.24. The van der Waals surface area contributed by atoms with Gasteiger partial charge in [0.2, 0.25) is 3.79 Å². The maximum atomic E-state index is 13.1. The normalized spacial score (nSPS) is 12.3. The molecule has 2 aromatic carbocycles. The van der Waals surface area contributed by atoms with Crippen LogP contribution in [0.4, 0.5) is 5.69 Å². The number of anilines is 1. The van der Waals surface area contributed by atoms with Crippen molar-refractivity contribution < 1.29 is 9.53 Å². The van der Waals surface area contributed by atoms with Crippen molar-refractivity contribution in [3.63, 3.8) is 0 Å². The van der Waals surface area contributed by atoms with Crippen LogP contribution in [0, 0.1) is 6.92 Å². The van der Waals surface area contributed by atoms with Crippen LogP contribution in [0.1, 0.15) is 5.69 Å². The predicted octanol–water partition coefficient (Wildman–Crippen LogP) is 3.79. The molecule has 1 atom stereocenters. The Bertz CT molecular complexity index is 1090. The highest BCUT2D eigenvalue weighted by molar-refractivity contribution is 6.68. The van der Waals surface area contributed by atoms with E-state index in [1.165, 1.54) is 4.68 Å². The SMILES string of the molecule is Cc1c(N[C@@H](NC(=O)COc2ccccc2)C(Cl)(Cl)Cl)c(=O)n(-c2ccccc2)n1C. The zero-order valence-electron chi connectivity index (χ0n) is 16.8. The fraction of sp³-hybridized carbons (Fsp3) is 0.238. The number of nitrogens with zero attached hydrogens (tertiary/aromatic N) is 2. The summed E-state index contributed by atoms with van der Waals surface area (Å²) in [5.74, 6) is 0.00495. The summed E-state index contributed by atoms with van der Waals surface area (Å²) in [6.07, 6.45) is -1.18. The van der Waals surface area contributed by atoms with E-state index >= 15 is 0 Å². The van der Waals surface area contributed by atoms with Gasteiger partial charge in [-0.1, -0.05) is 71.2 Å². The van der Waals surface area contributed by atoms with Crippen LogP contribution < -0.4 is 20.9 Å². The summed E-state index contributed by atoms with van der Waals surface area (Å²) in [5, 5.41) is 5.45. The second kappa shape index (κ2) is 9.68. The van der Waals surface area contributed by atoms with E-state index in [-0.39, 0.29) is 17.9 Å². The van der Waals surface area contributed by atoms with Crippen LogP contribution in [-0.2, 0) is 11.8 Å². The van der Waals surface area contributed by atoms with E-state index in [0.717, 1.165) is 0 Å². The van der Waals surface area contributed by atoms with Gasteiger partial charge in [0.05, 0.1) is 11.4 Å². The smallest absolute Gasteiger partial charge is 0.295 e. The molecule has 2 N–H and O–H groups in total. The van der Waals surface area contributed by atoms with Gasteiger partial charge < -0.3 is 15.4 Å². The lowest BCUT2D eigenvalue weighted by atomic mass is 10.3. The van der Waals surface area contributed by atoms with Gasteiger partial charge in [-0.3, -0.25) is 14.3 Å². The number of hydrogen-bond acceptors (Lipinski definition) is 4. The van der Waals surface area contributed by atoms with Crippen molar-refractivity contribution in [2.75, 3.05) is 11.9 Å². The van der Waals surface area contributed by atoms with Gasteiger partial charge >= 0.3 is 0 Å². The number of benzene rings is 2. The first-order valence-electron chi connectivity index (χ1n) is 9.33. The Morgan fingerprint density at radius 3 is 2.23 bits per heavy atom. The maximum absolute atomic E-state index is 13.1. The minimum absolute atomic E-state index is 0.201. The molecule has 3 rings (SSSR count). The van der Waals surface area contributed by atoms with Gasteiger partial charge in [-0.05, 0) is 31.2 Å². The summed E-state index contributed by atoms with van der Waals surface area (Å²) in [5.41, 5.74) is 1.13. The quantitative estimate of drug-likeness (QED) is 0.396. The number of rotatable bonds is 7. The molecule has 31 heavy (non-hydrogen) atoms. The first kappa shape index (κ1) is 23.1. The maximum Gasteiger partial charge on any atom is 0.295 e. The minimum atomic E-state index is -1.94. The van der Waals surface area contributed by atoms with Crippen LogP contribution in [0.15, 0.2) is 65.5 Å². The molecule has 3 aromatic rings. The summed E-state index contributed by atoms with van der Waals surface area (Å²) < 4.78 is 6.64. The molecular weight excluding hydrogens is 463 g/mol. The highest BCUT2D eigenvalue weighted by Crippen LogP contribution is 2.31. The minimum Gasteiger partial charge on any atom is -0.484 e. The van der Waals surface area contributed by atoms with Gasteiger partial charge in [0.25, 0.3) is 11.5 Å². The lowest BCUT2D eigenvalue weighted by molar-refractivity contribution is -0.123. The number of hydrogen-bond donors (Lipinski definition) is 2. The second-order valence-corrected chi connectivity index (χ2v) is 9.09. The van der Waals surface area contributed by atoms with Crippen molar-refractivity contribution in [3.8, 4) is 11.4 Å². The molecule has 10 heteroatoms. The molecule has 0 saturated carbocycles. The Morgan fingerprint density at radius 1 is 1.06 bits per heavy atom. The van der Waals surface area contributed by atoms with Crippen molar-refractivity contribution >= 4 is 46.4 Å². The van der Waals surface area contributed by atoms with E-state index < -0.39 is 15.9 Å². The van der Waals surface area contributed by atoms with Crippen LogP contribution in [0.5, 0.6) is 5.75 Å². The average Bonchev–Trinajstić information content (AvgIpc) is 2.95. The molecular formula is C21H21Cl3N4O3. The molecule has 0 unspecified atom stereocenters. The zero-order valence-corrected chi connectivity index (χ0v) is 19.1. The number of alkyl halides is 3. The van der Waals surface area contributed by atoms with Gasteiger partial charge in [0.15, 0.2) is 6.61 Å². The van der Waals surface area contributed by atoms with E-state index in [9.17, 15) is 9.59 Å². The van der Waals surface area contributed by atoms with Gasteiger partial charge in [0, 0.05) is 7.05 Å². The molecule has 0 aliphatic carbocycles. The average molecular weight is 484 g/mol. The largest absolute Gasteiger partial charge is 0.484 e. The first-order valence-corrected chi connectivity index (χ1v) is 10.5. The van der Waals surface area contributed by atoms with E-state index in [2.05, 4.69) is 10.6 Å². The molecule has 1 aromatic heterocycles. The number of halogens is 3. The molecule has 1 amide bonds. The Kier molecular flexibility index (Phi) is 7.20. The monoisotopic (exact) mass is 482 g/mol. The lowest BCUT2D eigenvalue weighted by Gasteiger charge is -2.26. The standard InChI is InChI=1S/C21H21Cl3N4O3/c1-14-18(19(30)28(27(14)2)15-9-5-3-6-10-15)26-20(21(22,23)24)25-17(29)13-31-16-11-7-4-8-12-16/h3-12,20,26H,13H2,1-2H3,(H,25,29)/t20-/m1/s1. The Labute approximate surface area is 194 Å². The van der Waals surface area contributed by atoms with E-state index in [1.54, 1.807) is 55.1 Å². The third kappa shape index (κ3) is 5.55. The molecule has 1 heterocycles. The molecule has 0 aliphatic rings. The van der Waals surface area contributed by atoms with E-state index in [1.807, 2.05) is 24.3 Å². The number of carbonyl (C=O) groups excluding carboxylic acids is 1. The molecule has 7 nitrogen and oxygen atoms in total. The summed E-state index contributed by atoms with van der Waals surface area (Å²) in [6.45, 7) is 1.46. The molecule has 0 spiro atoms. The third-order valence-electron chi connectivity index (χ3n) is 4.59. The highest BCUT2D eigenvalue weighted by Gasteiger charge is 2.35. The zero-order chi connectivity index (χ0) is 22.6. The number of aromatic nitrogens is 2. The number of carbonyl (C=O) groups is 1. The molecule has 0 bridgehead atoms. The number of ether oxygens (including phenoxy) is 1. The summed E-state index contributed by atoms with van der Waals surface area (Å²) in [6, 6.07) is 18.0. The van der Waals surface area contributed by atoms with Crippen LogP contribution in [0.2, 0.25) is 0 Å². The fourth-order valence-electron chi connectivity index (χ4n) is 2.95. The summed E-state index contributed by atoms with van der Waals surface area (Å²) >= 11 is 18.2. The van der Waals surface area contributed by atoms with Crippen molar-refractivity contribution in [1.29, 1.82) is 0 Å². The van der Waals surface area contributed by atoms with Crippen LogP contribution >= 0.6 is 34.8 Å². The highest BCUT2D eigenvalue weighted by atomic mass is 35.6. The Hall–Kier alpha value is -2.61. The van der Waals surface area contributed by atoms with Gasteiger partial charge in [0.1, 0.15) is 17.6 Å². The lowest BCUT2D eigenvalue weighted by Crippen LogP contribution is -2.51. The van der Waals surface area contributed by atoms with Crippen LogP contribution in [0.3, 0.4) is 0 Å². The second-order valence-electron chi connectivity index (χ2n) is 6.72. The summed E-state index contributed by atoms with van der Waals surface area (Å²) in [4.78, 5) is 25.5. The van der Waals surface area contributed by atoms with Crippen molar-refractivity contribution in [2.24, 2.45) is 7.05 Å². The number of para-hydroxylation sites is 2. The first-order chi connectivity index (χ1) is 14.7. The van der Waals surface area contributed by atoms with Crippen molar-refractivity contribution in [3.05, 3.63) is 76.7 Å². The Morgan fingerprint density at radius 2 is 1.65 bits per heavy atom. The van der Waals surface area contributed by atoms with Crippen LogP contribution in [0.25, 0.3) is 5.69 Å². The molecule has 164 valence electrons. The van der Waals surface area contributed by atoms with E-state index in [4.69, 9.17) is 39.5 Å². The number of amides is 1. The predicted molar refractivity (Wildman–Crippen MR) is 124 cm³/mol. The van der Waals surface area contributed by atoms with Gasteiger partial charge in [-0.2, -0.15) is 0 Å². The summed E-state index contributed by atoms with van der Waals surface area (Å²) in [7, 11) is 1.74. The molecule has 0 radical (unpaired) electrons. The molecule has 0 saturated heterocycles. The molecule has 0 aliphatic heterocycles. The fourth-order valence-corrected chi connectivity index (χ4v) is 3.27. The topological polar surface area (TPSA) is 77.3 Å². The Balaban J connectivity index is 1.80. The van der Waals surface area contributed by atoms with Crippen molar-refractivity contribution in [2.45, 2.75) is 16.9 Å². The van der Waals surface area contributed by atoms with Crippen LogP contribution in [-0.4, -0.2) is 31.8 Å². The van der Waals surface area contributed by atoms with E-state index in [0.29, 0.717) is 17.1 Å². The van der Waals surface area contributed by atoms with Gasteiger partial charge in [-0.15, -0.1) is 0 Å².